The molecule has 2 aromatic rings. The maximum Gasteiger partial charge on any atom is 0.310 e. The van der Waals surface area contributed by atoms with Crippen LogP contribution < -0.4 is 5.73 Å². The molecule has 2 rings (SSSR count). The van der Waals surface area contributed by atoms with Gasteiger partial charge in [0.15, 0.2) is 0 Å². The number of carbonyl (C=O) groups is 2. The van der Waals surface area contributed by atoms with E-state index < -0.39 is 5.91 Å². The monoisotopic (exact) mass is 283 g/mol. The number of rotatable bonds is 5. The summed E-state index contributed by atoms with van der Waals surface area (Å²) in [5.74, 6) is -0.861. The molecule has 0 fully saturated rings. The quantitative estimate of drug-likeness (QED) is 0.856. The maximum atomic E-state index is 11.8. The van der Waals surface area contributed by atoms with Gasteiger partial charge in [-0.15, -0.1) is 0 Å². The Morgan fingerprint density at radius 2 is 1.86 bits per heavy atom. The number of hydrogen-bond donors (Lipinski definition) is 1. The van der Waals surface area contributed by atoms with Gasteiger partial charge >= 0.3 is 5.97 Å². The molecule has 0 radical (unpaired) electrons. The molecule has 0 aliphatic heterocycles. The zero-order chi connectivity index (χ0) is 15.2. The van der Waals surface area contributed by atoms with Gasteiger partial charge in [-0.3, -0.25) is 9.59 Å². The van der Waals surface area contributed by atoms with Gasteiger partial charge < -0.3 is 10.5 Å². The van der Waals surface area contributed by atoms with Crippen molar-refractivity contribution in [3.63, 3.8) is 0 Å². The Labute approximate surface area is 123 Å². The second-order valence-electron chi connectivity index (χ2n) is 4.85. The molecule has 0 saturated carbocycles. The number of esters is 1. The zero-order valence-corrected chi connectivity index (χ0v) is 11.8. The molecule has 0 spiro atoms. The number of benzene rings is 2. The van der Waals surface area contributed by atoms with Crippen LogP contribution in [0, 0.1) is 6.92 Å². The molecule has 2 aromatic carbocycles. The Kier molecular flexibility index (Phi) is 4.72. The largest absolute Gasteiger partial charge is 0.461 e. The topological polar surface area (TPSA) is 69.4 Å². The molecular formula is C17H17NO3. The van der Waals surface area contributed by atoms with E-state index in [0.717, 1.165) is 11.1 Å². The normalized spacial score (nSPS) is 10.1. The van der Waals surface area contributed by atoms with Crippen LogP contribution in [0.15, 0.2) is 48.5 Å². The minimum absolute atomic E-state index is 0.0454. The van der Waals surface area contributed by atoms with Crippen molar-refractivity contribution in [2.75, 3.05) is 0 Å². The Morgan fingerprint density at radius 1 is 1.10 bits per heavy atom. The van der Waals surface area contributed by atoms with Crippen molar-refractivity contribution in [1.29, 1.82) is 0 Å². The van der Waals surface area contributed by atoms with Crippen molar-refractivity contribution in [3.8, 4) is 0 Å². The van der Waals surface area contributed by atoms with Crippen LogP contribution in [-0.2, 0) is 22.6 Å². The first-order valence-electron chi connectivity index (χ1n) is 6.65. The number of aryl methyl sites for hydroxylation is 1. The summed E-state index contributed by atoms with van der Waals surface area (Å²) in [7, 11) is 0. The van der Waals surface area contributed by atoms with E-state index in [1.54, 1.807) is 24.3 Å². The third-order valence-electron chi connectivity index (χ3n) is 3.10. The van der Waals surface area contributed by atoms with E-state index in [-0.39, 0.29) is 19.0 Å². The number of primary amides is 1. The fraction of sp³-hybridized carbons (Fsp3) is 0.176. The molecule has 108 valence electrons. The second-order valence-corrected chi connectivity index (χ2v) is 4.85. The Balaban J connectivity index is 1.97. The predicted octanol–water partition coefficient (Wildman–Crippen LogP) is 2.38. The van der Waals surface area contributed by atoms with Crippen LogP contribution in [-0.4, -0.2) is 11.9 Å². The average Bonchev–Trinajstić information content (AvgIpc) is 2.45. The number of carbonyl (C=O) groups excluding carboxylic acids is 2. The Hall–Kier alpha value is -2.62. The Morgan fingerprint density at radius 3 is 2.57 bits per heavy atom. The fourth-order valence-corrected chi connectivity index (χ4v) is 2.08. The van der Waals surface area contributed by atoms with E-state index >= 15 is 0 Å². The van der Waals surface area contributed by atoms with E-state index in [2.05, 4.69) is 0 Å². The summed E-state index contributed by atoms with van der Waals surface area (Å²) in [6.45, 7) is 2.02. The number of amides is 1. The highest BCUT2D eigenvalue weighted by molar-refractivity contribution is 5.94. The molecule has 1 amide bonds. The zero-order valence-electron chi connectivity index (χ0n) is 11.8. The highest BCUT2D eigenvalue weighted by Crippen LogP contribution is 2.11. The van der Waals surface area contributed by atoms with Crippen LogP contribution in [0.2, 0.25) is 0 Å². The lowest BCUT2D eigenvalue weighted by atomic mass is 10.1. The molecule has 4 heteroatoms. The van der Waals surface area contributed by atoms with Gasteiger partial charge in [0, 0.05) is 11.1 Å². The minimum atomic E-state index is -0.527. The van der Waals surface area contributed by atoms with Gasteiger partial charge in [-0.2, -0.15) is 0 Å². The van der Waals surface area contributed by atoms with Crippen molar-refractivity contribution in [2.45, 2.75) is 20.0 Å². The third-order valence-corrected chi connectivity index (χ3v) is 3.10. The molecule has 4 nitrogen and oxygen atoms in total. The summed E-state index contributed by atoms with van der Waals surface area (Å²) < 4.78 is 5.22. The number of ether oxygens (including phenoxy) is 1. The van der Waals surface area contributed by atoms with Crippen LogP contribution in [0.4, 0.5) is 0 Å². The van der Waals surface area contributed by atoms with Gasteiger partial charge in [0.05, 0.1) is 6.42 Å². The highest BCUT2D eigenvalue weighted by atomic mass is 16.5. The summed E-state index contributed by atoms with van der Waals surface area (Å²) in [6.07, 6.45) is 0.209. The summed E-state index contributed by atoms with van der Waals surface area (Å²) in [5.41, 5.74) is 8.27. The summed E-state index contributed by atoms with van der Waals surface area (Å²) in [6, 6.07) is 14.5. The van der Waals surface area contributed by atoms with Crippen molar-refractivity contribution < 1.29 is 14.3 Å². The van der Waals surface area contributed by atoms with Crippen LogP contribution in [0.5, 0.6) is 0 Å². The van der Waals surface area contributed by atoms with Crippen LogP contribution in [0.25, 0.3) is 0 Å². The van der Waals surface area contributed by atoms with Crippen LogP contribution in [0.1, 0.15) is 27.0 Å². The number of nitrogens with two attached hydrogens (primary N) is 1. The average molecular weight is 283 g/mol. The van der Waals surface area contributed by atoms with Crippen molar-refractivity contribution in [1.82, 2.24) is 0 Å². The predicted molar refractivity (Wildman–Crippen MR) is 79.6 cm³/mol. The fourth-order valence-electron chi connectivity index (χ4n) is 2.08. The molecule has 0 aromatic heterocycles. The first-order valence-corrected chi connectivity index (χ1v) is 6.65. The van der Waals surface area contributed by atoms with Crippen LogP contribution in [0.3, 0.4) is 0 Å². The van der Waals surface area contributed by atoms with Gasteiger partial charge in [-0.25, -0.2) is 0 Å². The first kappa shape index (κ1) is 14.8. The third kappa shape index (κ3) is 4.18. The summed E-state index contributed by atoms with van der Waals surface area (Å²) >= 11 is 0. The molecule has 21 heavy (non-hydrogen) atoms. The van der Waals surface area contributed by atoms with Gasteiger partial charge in [0.1, 0.15) is 6.61 Å². The Bertz CT molecular complexity index is 665. The molecule has 0 aliphatic rings. The lowest BCUT2D eigenvalue weighted by molar-refractivity contribution is -0.144. The smallest absolute Gasteiger partial charge is 0.310 e. The van der Waals surface area contributed by atoms with Crippen molar-refractivity contribution >= 4 is 11.9 Å². The first-order chi connectivity index (χ1) is 10.1. The van der Waals surface area contributed by atoms with Crippen molar-refractivity contribution in [2.24, 2.45) is 5.73 Å². The molecule has 0 saturated heterocycles. The van der Waals surface area contributed by atoms with E-state index in [0.29, 0.717) is 11.1 Å². The van der Waals surface area contributed by atoms with E-state index in [9.17, 15) is 9.59 Å². The van der Waals surface area contributed by atoms with Gasteiger partial charge in [-0.1, -0.05) is 48.0 Å². The van der Waals surface area contributed by atoms with Crippen LogP contribution >= 0.6 is 0 Å². The van der Waals surface area contributed by atoms with E-state index in [1.807, 2.05) is 31.2 Å². The SMILES string of the molecule is Cc1cccc(CC(=O)OCc2ccccc2C(N)=O)c1. The standard InChI is InChI=1S/C17H17NO3/c1-12-5-4-6-13(9-12)10-16(19)21-11-14-7-2-3-8-15(14)17(18)20/h2-9H,10-11H2,1H3,(H2,18,20). The molecule has 2 N–H and O–H groups in total. The highest BCUT2D eigenvalue weighted by Gasteiger charge is 2.10. The van der Waals surface area contributed by atoms with Gasteiger partial charge in [0.25, 0.3) is 0 Å². The minimum Gasteiger partial charge on any atom is -0.461 e. The molecule has 0 heterocycles. The van der Waals surface area contributed by atoms with E-state index in [4.69, 9.17) is 10.5 Å². The summed E-state index contributed by atoms with van der Waals surface area (Å²) in [5, 5.41) is 0. The molecular weight excluding hydrogens is 266 g/mol. The maximum absolute atomic E-state index is 11.8. The summed E-state index contributed by atoms with van der Waals surface area (Å²) in [4.78, 5) is 23.1. The van der Waals surface area contributed by atoms with Crippen molar-refractivity contribution in [3.05, 3.63) is 70.8 Å². The second kappa shape index (κ2) is 6.70. The molecule has 0 aliphatic carbocycles. The lowest BCUT2D eigenvalue weighted by Gasteiger charge is -2.08. The van der Waals surface area contributed by atoms with Gasteiger partial charge in [-0.05, 0) is 18.6 Å². The van der Waals surface area contributed by atoms with E-state index in [1.165, 1.54) is 0 Å². The van der Waals surface area contributed by atoms with Gasteiger partial charge in [0.2, 0.25) is 5.91 Å². The number of hydrogen-bond acceptors (Lipinski definition) is 3. The molecule has 0 unspecified atom stereocenters. The lowest BCUT2D eigenvalue weighted by Crippen LogP contribution is -2.15. The molecule has 0 atom stereocenters. The molecule has 0 bridgehead atoms.